The fourth-order valence-corrected chi connectivity index (χ4v) is 3.77. The van der Waals surface area contributed by atoms with E-state index in [9.17, 15) is 9.90 Å². The molecule has 124 valence electrons. The number of hydrogen-bond acceptors (Lipinski definition) is 3. The summed E-state index contributed by atoms with van der Waals surface area (Å²) in [6, 6.07) is 17.2. The van der Waals surface area contributed by atoms with E-state index in [2.05, 4.69) is 0 Å². The average Bonchev–Trinajstić information content (AvgIpc) is 3.19. The number of nitrogens with zero attached hydrogens (tertiary/aromatic N) is 1. The first-order valence-corrected chi connectivity index (χ1v) is 8.48. The predicted octanol–water partition coefficient (Wildman–Crippen LogP) is 2.71. The number of amides is 1. The van der Waals surface area contributed by atoms with E-state index in [0.717, 1.165) is 25.0 Å². The average molecular weight is 323 g/mol. The molecule has 2 aromatic carbocycles. The van der Waals surface area contributed by atoms with Crippen LogP contribution in [0.1, 0.15) is 34.3 Å². The standard InChI is InChI=1S/C20H21NO3/c22-19-17-10-4-5-11-18(17)20(23,13-15-7-2-1-3-8-15)21(19)14-16-9-6-12-24-16/h1-5,7-8,10-11,16,23H,6,9,12-14H2. The molecule has 2 aliphatic rings. The fourth-order valence-electron chi connectivity index (χ4n) is 3.77. The number of carbonyl (C=O) groups is 1. The summed E-state index contributed by atoms with van der Waals surface area (Å²) in [7, 11) is 0. The highest BCUT2D eigenvalue weighted by atomic mass is 16.5. The van der Waals surface area contributed by atoms with Gasteiger partial charge in [-0.05, 0) is 24.5 Å². The normalized spacial score (nSPS) is 26.0. The van der Waals surface area contributed by atoms with Crippen molar-refractivity contribution < 1.29 is 14.6 Å². The highest BCUT2D eigenvalue weighted by Crippen LogP contribution is 2.40. The summed E-state index contributed by atoms with van der Waals surface area (Å²) in [5.74, 6) is -0.112. The molecule has 2 heterocycles. The van der Waals surface area contributed by atoms with Crippen LogP contribution in [0.2, 0.25) is 0 Å². The zero-order chi connectivity index (χ0) is 16.6. The van der Waals surface area contributed by atoms with E-state index in [1.54, 1.807) is 11.0 Å². The number of benzene rings is 2. The van der Waals surface area contributed by atoms with Crippen molar-refractivity contribution in [2.45, 2.75) is 31.1 Å². The van der Waals surface area contributed by atoms with Crippen molar-refractivity contribution in [2.24, 2.45) is 0 Å². The van der Waals surface area contributed by atoms with Gasteiger partial charge in [0.1, 0.15) is 0 Å². The van der Waals surface area contributed by atoms with Gasteiger partial charge in [-0.15, -0.1) is 0 Å². The highest BCUT2D eigenvalue weighted by Gasteiger charge is 2.49. The van der Waals surface area contributed by atoms with E-state index in [4.69, 9.17) is 4.74 Å². The van der Waals surface area contributed by atoms with Crippen molar-refractivity contribution in [2.75, 3.05) is 13.2 Å². The van der Waals surface area contributed by atoms with Crippen molar-refractivity contribution >= 4 is 5.91 Å². The zero-order valence-electron chi connectivity index (χ0n) is 13.5. The van der Waals surface area contributed by atoms with Crippen molar-refractivity contribution in [3.05, 3.63) is 71.3 Å². The third-order valence-corrected chi connectivity index (χ3v) is 4.98. The van der Waals surface area contributed by atoms with Gasteiger partial charge in [0.2, 0.25) is 0 Å². The molecule has 2 atom stereocenters. The summed E-state index contributed by atoms with van der Waals surface area (Å²) >= 11 is 0. The Balaban J connectivity index is 1.72. The Morgan fingerprint density at radius 2 is 1.88 bits per heavy atom. The topological polar surface area (TPSA) is 49.8 Å². The molecule has 0 saturated carbocycles. The molecule has 4 rings (SSSR count). The van der Waals surface area contributed by atoms with Crippen LogP contribution in [0.3, 0.4) is 0 Å². The van der Waals surface area contributed by atoms with E-state index in [-0.39, 0.29) is 12.0 Å². The second kappa shape index (κ2) is 6.04. The molecule has 0 spiro atoms. The molecular formula is C20H21NO3. The van der Waals surface area contributed by atoms with E-state index in [1.165, 1.54) is 0 Å². The third kappa shape index (κ3) is 2.52. The molecule has 4 heteroatoms. The lowest BCUT2D eigenvalue weighted by Crippen LogP contribution is -2.48. The quantitative estimate of drug-likeness (QED) is 0.941. The summed E-state index contributed by atoms with van der Waals surface area (Å²) in [5.41, 5.74) is 0.966. The highest BCUT2D eigenvalue weighted by molar-refractivity contribution is 5.99. The SMILES string of the molecule is O=C1c2ccccc2C(O)(Cc2ccccc2)N1CC1CCCO1. The molecule has 2 unspecified atom stereocenters. The van der Waals surface area contributed by atoms with Crippen molar-refractivity contribution in [3.8, 4) is 0 Å². The van der Waals surface area contributed by atoms with Crippen molar-refractivity contribution in [1.29, 1.82) is 0 Å². The maximum Gasteiger partial charge on any atom is 0.256 e. The molecule has 0 radical (unpaired) electrons. The van der Waals surface area contributed by atoms with Crippen LogP contribution in [0.25, 0.3) is 0 Å². The summed E-state index contributed by atoms with van der Waals surface area (Å²) < 4.78 is 5.70. The van der Waals surface area contributed by atoms with Crippen LogP contribution < -0.4 is 0 Å². The molecule has 1 amide bonds. The number of rotatable bonds is 4. The van der Waals surface area contributed by atoms with Gasteiger partial charge >= 0.3 is 0 Å². The second-order valence-corrected chi connectivity index (χ2v) is 6.58. The fraction of sp³-hybridized carbons (Fsp3) is 0.350. The maximum absolute atomic E-state index is 12.9. The van der Waals surface area contributed by atoms with Crippen LogP contribution >= 0.6 is 0 Å². The maximum atomic E-state index is 12.9. The van der Waals surface area contributed by atoms with Crippen LogP contribution in [0.5, 0.6) is 0 Å². The Labute approximate surface area is 141 Å². The van der Waals surface area contributed by atoms with E-state index >= 15 is 0 Å². The first-order chi connectivity index (χ1) is 11.7. The molecule has 2 aromatic rings. The molecule has 1 fully saturated rings. The minimum absolute atomic E-state index is 0.00515. The lowest BCUT2D eigenvalue weighted by Gasteiger charge is -2.36. The van der Waals surface area contributed by atoms with Gasteiger partial charge in [0.25, 0.3) is 5.91 Å². The molecule has 1 N–H and O–H groups in total. The summed E-state index contributed by atoms with van der Waals surface area (Å²) in [4.78, 5) is 14.5. The van der Waals surface area contributed by atoms with Gasteiger partial charge in [0.05, 0.1) is 12.6 Å². The van der Waals surface area contributed by atoms with Gasteiger partial charge in [-0.3, -0.25) is 4.79 Å². The molecule has 0 bridgehead atoms. The first kappa shape index (κ1) is 15.4. The molecule has 0 aromatic heterocycles. The minimum atomic E-state index is -1.32. The van der Waals surface area contributed by atoms with Gasteiger partial charge in [-0.2, -0.15) is 0 Å². The number of aliphatic hydroxyl groups is 1. The smallest absolute Gasteiger partial charge is 0.256 e. The predicted molar refractivity (Wildman–Crippen MR) is 90.5 cm³/mol. The molecule has 1 saturated heterocycles. The second-order valence-electron chi connectivity index (χ2n) is 6.58. The zero-order valence-corrected chi connectivity index (χ0v) is 13.5. The summed E-state index contributed by atoms with van der Waals surface area (Å²) in [6.45, 7) is 1.16. The summed E-state index contributed by atoms with van der Waals surface area (Å²) in [6.07, 6.45) is 2.33. The first-order valence-electron chi connectivity index (χ1n) is 8.48. The molecule has 4 nitrogen and oxygen atoms in total. The Morgan fingerprint density at radius 3 is 2.62 bits per heavy atom. The number of carbonyl (C=O) groups excluding carboxylic acids is 1. The Bertz CT molecular complexity index is 740. The van der Waals surface area contributed by atoms with Gasteiger partial charge in [0, 0.05) is 24.2 Å². The number of ether oxygens (including phenoxy) is 1. The molecule has 0 aliphatic carbocycles. The van der Waals surface area contributed by atoms with Crippen molar-refractivity contribution in [1.82, 2.24) is 4.90 Å². The number of fused-ring (bicyclic) bond motifs is 1. The molecular weight excluding hydrogens is 302 g/mol. The van der Waals surface area contributed by atoms with E-state index in [0.29, 0.717) is 24.1 Å². The van der Waals surface area contributed by atoms with Gasteiger partial charge in [-0.1, -0.05) is 48.5 Å². The Kier molecular flexibility index (Phi) is 3.87. The number of hydrogen-bond donors (Lipinski definition) is 1. The lowest BCUT2D eigenvalue weighted by atomic mass is 9.94. The third-order valence-electron chi connectivity index (χ3n) is 4.98. The van der Waals surface area contributed by atoms with Crippen LogP contribution in [0.4, 0.5) is 0 Å². The van der Waals surface area contributed by atoms with Crippen LogP contribution in [-0.4, -0.2) is 35.2 Å². The molecule has 2 aliphatic heterocycles. The van der Waals surface area contributed by atoms with E-state index < -0.39 is 5.72 Å². The van der Waals surface area contributed by atoms with Crippen LogP contribution in [0.15, 0.2) is 54.6 Å². The Morgan fingerprint density at radius 1 is 1.12 bits per heavy atom. The van der Waals surface area contributed by atoms with Crippen LogP contribution in [-0.2, 0) is 16.9 Å². The lowest BCUT2D eigenvalue weighted by molar-refractivity contribution is -0.0973. The van der Waals surface area contributed by atoms with Crippen molar-refractivity contribution in [3.63, 3.8) is 0 Å². The van der Waals surface area contributed by atoms with Gasteiger partial charge in [0.15, 0.2) is 5.72 Å². The largest absolute Gasteiger partial charge is 0.376 e. The minimum Gasteiger partial charge on any atom is -0.376 e. The Hall–Kier alpha value is -2.17. The van der Waals surface area contributed by atoms with Crippen LogP contribution in [0, 0.1) is 0 Å². The van der Waals surface area contributed by atoms with E-state index in [1.807, 2.05) is 48.5 Å². The monoisotopic (exact) mass is 323 g/mol. The van der Waals surface area contributed by atoms with Gasteiger partial charge in [-0.25, -0.2) is 0 Å². The van der Waals surface area contributed by atoms with Gasteiger partial charge < -0.3 is 14.7 Å². The molecule has 24 heavy (non-hydrogen) atoms. The summed E-state index contributed by atoms with van der Waals surface area (Å²) in [5, 5.41) is 11.5.